The Bertz CT molecular complexity index is 900. The Morgan fingerprint density at radius 1 is 1.30 bits per heavy atom. The van der Waals surface area contributed by atoms with Crippen molar-refractivity contribution in [3.05, 3.63) is 20.7 Å². The van der Waals surface area contributed by atoms with Crippen LogP contribution in [-0.2, 0) is 16.4 Å². The molecule has 1 aromatic rings. The molecule has 0 bridgehead atoms. The van der Waals surface area contributed by atoms with E-state index < -0.39 is 15.4 Å². The highest BCUT2D eigenvalue weighted by Crippen LogP contribution is 2.19. The number of hydrogen-bond donors (Lipinski definition) is 2. The number of sulfone groups is 1. The topological polar surface area (TPSA) is 105 Å². The van der Waals surface area contributed by atoms with Gasteiger partial charge in [0.2, 0.25) is 5.88 Å². The van der Waals surface area contributed by atoms with Gasteiger partial charge in [0.1, 0.15) is 5.56 Å². The fourth-order valence-corrected chi connectivity index (χ4v) is 5.25. The maximum absolute atomic E-state index is 12.3. The fraction of sp³-hybridized carbons (Fsp3) is 0.722. The van der Waals surface area contributed by atoms with Crippen LogP contribution in [0.15, 0.2) is 9.79 Å². The molecular formula is C18H29N3O4S2. The highest BCUT2D eigenvalue weighted by Gasteiger charge is 2.28. The molecule has 0 saturated carbocycles. The van der Waals surface area contributed by atoms with E-state index in [4.69, 9.17) is 12.2 Å². The Balaban J connectivity index is 2.17. The zero-order valence-electron chi connectivity index (χ0n) is 16.0. The van der Waals surface area contributed by atoms with Gasteiger partial charge >= 0.3 is 0 Å². The van der Waals surface area contributed by atoms with E-state index in [1.165, 1.54) is 23.8 Å². The van der Waals surface area contributed by atoms with Gasteiger partial charge < -0.3 is 5.11 Å². The van der Waals surface area contributed by atoms with Crippen molar-refractivity contribution in [2.24, 2.45) is 4.99 Å². The minimum Gasteiger partial charge on any atom is -0.494 e. The number of rotatable bonds is 9. The molecule has 0 aliphatic carbocycles. The maximum atomic E-state index is 12.3. The summed E-state index contributed by atoms with van der Waals surface area (Å²) >= 11 is 5.19. The lowest BCUT2D eigenvalue weighted by atomic mass is 10.1. The van der Waals surface area contributed by atoms with Crippen molar-refractivity contribution in [3.8, 4) is 5.88 Å². The first-order valence-electron chi connectivity index (χ1n) is 9.56. The lowest BCUT2D eigenvalue weighted by Gasteiger charge is -2.13. The van der Waals surface area contributed by atoms with Crippen LogP contribution in [0.3, 0.4) is 0 Å². The third-order valence-corrected chi connectivity index (χ3v) is 6.93. The molecule has 1 saturated heterocycles. The van der Waals surface area contributed by atoms with Gasteiger partial charge in [0.15, 0.2) is 14.6 Å². The number of aromatic nitrogens is 2. The smallest absolute Gasteiger partial charge is 0.264 e. The predicted molar refractivity (Wildman–Crippen MR) is 110 cm³/mol. The summed E-state index contributed by atoms with van der Waals surface area (Å²) in [4.78, 5) is 19.3. The zero-order chi connectivity index (χ0) is 20.0. The largest absolute Gasteiger partial charge is 0.494 e. The molecule has 1 aromatic heterocycles. The second-order valence-corrected chi connectivity index (χ2v) is 9.76. The average Bonchev–Trinajstić information content (AvgIpc) is 2.91. The van der Waals surface area contributed by atoms with Crippen LogP contribution in [0.4, 0.5) is 0 Å². The maximum Gasteiger partial charge on any atom is 0.264 e. The van der Waals surface area contributed by atoms with Crippen molar-refractivity contribution < 1.29 is 13.5 Å². The van der Waals surface area contributed by atoms with E-state index >= 15 is 0 Å². The van der Waals surface area contributed by atoms with Crippen molar-refractivity contribution in [3.63, 3.8) is 0 Å². The second-order valence-electron chi connectivity index (χ2n) is 7.15. The third kappa shape index (κ3) is 6.00. The monoisotopic (exact) mass is 415 g/mol. The van der Waals surface area contributed by atoms with Gasteiger partial charge in [0.25, 0.3) is 5.56 Å². The van der Waals surface area contributed by atoms with Crippen LogP contribution in [-0.4, -0.2) is 46.3 Å². The summed E-state index contributed by atoms with van der Waals surface area (Å²) in [6.07, 6.45) is 7.07. The van der Waals surface area contributed by atoms with Gasteiger partial charge in [0.05, 0.1) is 23.3 Å². The highest BCUT2D eigenvalue weighted by atomic mass is 32.2. The molecule has 1 aliphatic rings. The SMILES string of the molecule is CCCCCCCCn1c(O)c(C(C)=NC2CCS(=O)(=O)C2)c(=O)[nH]c1=S. The van der Waals surface area contributed by atoms with Crippen LogP contribution in [0, 0.1) is 4.77 Å². The van der Waals surface area contributed by atoms with Crippen LogP contribution in [0.1, 0.15) is 64.4 Å². The number of nitrogens with one attached hydrogen (secondary N) is 1. The molecule has 152 valence electrons. The Hall–Kier alpha value is -1.48. The van der Waals surface area contributed by atoms with E-state index in [1.54, 1.807) is 6.92 Å². The summed E-state index contributed by atoms with van der Waals surface area (Å²) in [7, 11) is -3.06. The first-order chi connectivity index (χ1) is 12.7. The van der Waals surface area contributed by atoms with E-state index in [0.29, 0.717) is 18.7 Å². The van der Waals surface area contributed by atoms with Gasteiger partial charge in [-0.25, -0.2) is 8.42 Å². The van der Waals surface area contributed by atoms with E-state index in [-0.39, 0.29) is 33.8 Å². The zero-order valence-corrected chi connectivity index (χ0v) is 17.7. The molecule has 1 atom stereocenters. The molecule has 9 heteroatoms. The first kappa shape index (κ1) is 21.8. The quantitative estimate of drug-likeness (QED) is 0.366. The minimum atomic E-state index is -3.06. The molecular weight excluding hydrogens is 386 g/mol. The van der Waals surface area contributed by atoms with Crippen LogP contribution in [0.2, 0.25) is 0 Å². The molecule has 27 heavy (non-hydrogen) atoms. The minimum absolute atomic E-state index is 0.0140. The van der Waals surface area contributed by atoms with Crippen molar-refractivity contribution in [1.82, 2.24) is 9.55 Å². The molecule has 2 rings (SSSR count). The Morgan fingerprint density at radius 3 is 2.59 bits per heavy atom. The molecule has 7 nitrogen and oxygen atoms in total. The van der Waals surface area contributed by atoms with Crippen molar-refractivity contribution in [2.45, 2.75) is 71.4 Å². The van der Waals surface area contributed by atoms with Crippen LogP contribution < -0.4 is 5.56 Å². The third-order valence-electron chi connectivity index (χ3n) is 4.85. The molecule has 1 aliphatic heterocycles. The van der Waals surface area contributed by atoms with Crippen LogP contribution in [0.25, 0.3) is 0 Å². The summed E-state index contributed by atoms with van der Waals surface area (Å²) in [5, 5.41) is 10.6. The molecule has 2 heterocycles. The van der Waals surface area contributed by atoms with E-state index in [2.05, 4.69) is 16.9 Å². The fourth-order valence-electron chi connectivity index (χ4n) is 3.36. The number of hydrogen-bond acceptors (Lipinski definition) is 6. The number of unbranched alkanes of at least 4 members (excludes halogenated alkanes) is 5. The molecule has 2 N–H and O–H groups in total. The number of aromatic amines is 1. The first-order valence-corrected chi connectivity index (χ1v) is 11.8. The van der Waals surface area contributed by atoms with Gasteiger partial charge in [-0.15, -0.1) is 0 Å². The molecule has 1 unspecified atom stereocenters. The van der Waals surface area contributed by atoms with Gasteiger partial charge in [-0.3, -0.25) is 19.3 Å². The van der Waals surface area contributed by atoms with Crippen molar-refractivity contribution in [1.29, 1.82) is 0 Å². The van der Waals surface area contributed by atoms with E-state index in [0.717, 1.165) is 19.3 Å². The normalized spacial score (nSPS) is 19.5. The van der Waals surface area contributed by atoms with Gasteiger partial charge in [-0.1, -0.05) is 39.0 Å². The van der Waals surface area contributed by atoms with Crippen molar-refractivity contribution >= 4 is 27.8 Å². The number of aromatic hydroxyl groups is 1. The number of nitrogens with zero attached hydrogens (tertiary/aromatic N) is 2. The van der Waals surface area contributed by atoms with E-state index in [1.807, 2.05) is 0 Å². The van der Waals surface area contributed by atoms with Gasteiger partial charge in [-0.05, 0) is 32.0 Å². The molecule has 0 aromatic carbocycles. The van der Waals surface area contributed by atoms with Gasteiger partial charge in [0, 0.05) is 6.54 Å². The number of aliphatic imine (C=N–C) groups is 1. The molecule has 0 spiro atoms. The van der Waals surface area contributed by atoms with Gasteiger partial charge in [-0.2, -0.15) is 0 Å². The summed E-state index contributed by atoms with van der Waals surface area (Å²) in [5.41, 5.74) is -0.0970. The van der Waals surface area contributed by atoms with Crippen LogP contribution >= 0.6 is 12.2 Å². The van der Waals surface area contributed by atoms with Crippen LogP contribution in [0.5, 0.6) is 5.88 Å². The molecule has 1 fully saturated rings. The summed E-state index contributed by atoms with van der Waals surface area (Å²) < 4.78 is 24.9. The van der Waals surface area contributed by atoms with Crippen molar-refractivity contribution in [2.75, 3.05) is 11.5 Å². The highest BCUT2D eigenvalue weighted by molar-refractivity contribution is 7.91. The summed E-state index contributed by atoms with van der Waals surface area (Å²) in [5.74, 6) is -0.0980. The number of H-pyrrole nitrogens is 1. The Kier molecular flexibility index (Phi) is 7.79. The molecule has 0 amide bonds. The second kappa shape index (κ2) is 9.64. The summed E-state index contributed by atoms with van der Waals surface area (Å²) in [6, 6.07) is -0.371. The predicted octanol–water partition coefficient (Wildman–Crippen LogP) is 2.97. The van der Waals surface area contributed by atoms with E-state index in [9.17, 15) is 18.3 Å². The Labute approximate surface area is 165 Å². The average molecular weight is 416 g/mol. The molecule has 0 radical (unpaired) electrons. The summed E-state index contributed by atoms with van der Waals surface area (Å²) in [6.45, 7) is 4.31. The lowest BCUT2D eigenvalue weighted by molar-refractivity contribution is 0.395. The lowest BCUT2D eigenvalue weighted by Crippen LogP contribution is -2.23. The Morgan fingerprint density at radius 2 is 1.96 bits per heavy atom. The standard InChI is InChI=1S/C18H29N3O4S2/c1-3-4-5-6-7-8-10-21-17(23)15(16(22)20-18(21)26)13(2)19-14-9-11-27(24,25)12-14/h14,23H,3-12H2,1-2H3,(H,20,22,26).